The van der Waals surface area contributed by atoms with Crippen molar-refractivity contribution in [1.82, 2.24) is 0 Å². The number of rotatable bonds is 9. The molecule has 4 rings (SSSR count). The maximum absolute atomic E-state index is 6.25. The quantitative estimate of drug-likeness (QED) is 0.252. The molecule has 0 aliphatic rings. The average molecular weight is 450 g/mol. The molecule has 2 nitrogen and oxygen atoms in total. The maximum atomic E-state index is 6.25. The SMILES string of the molecule is CCCB(C)c1cc2ccccc2c(-c2c(OC)c(B(C)CCC)cc3ccccc23)c1OC. The Kier molecular flexibility index (Phi) is 7.56. The second kappa shape index (κ2) is 10.6. The Morgan fingerprint density at radius 2 is 1.00 bits per heavy atom. The van der Waals surface area contributed by atoms with Crippen molar-refractivity contribution in [2.75, 3.05) is 14.2 Å². The van der Waals surface area contributed by atoms with Gasteiger partial charge in [0.05, 0.1) is 14.2 Å². The van der Waals surface area contributed by atoms with E-state index in [1.807, 2.05) is 14.2 Å². The van der Waals surface area contributed by atoms with Crippen molar-refractivity contribution in [1.29, 1.82) is 0 Å². The fourth-order valence-corrected chi connectivity index (χ4v) is 5.55. The van der Waals surface area contributed by atoms with Gasteiger partial charge < -0.3 is 9.47 Å². The zero-order chi connectivity index (χ0) is 24.2. The zero-order valence-electron chi connectivity index (χ0n) is 21.6. The number of benzene rings is 4. The monoisotopic (exact) mass is 450 g/mol. The van der Waals surface area contributed by atoms with Crippen LogP contribution in [-0.2, 0) is 0 Å². The van der Waals surface area contributed by atoms with Gasteiger partial charge >= 0.3 is 0 Å². The summed E-state index contributed by atoms with van der Waals surface area (Å²) in [5.74, 6) is 1.95. The highest BCUT2D eigenvalue weighted by Crippen LogP contribution is 2.44. The molecule has 0 amide bonds. The van der Waals surface area contributed by atoms with Gasteiger partial charge in [-0.15, -0.1) is 0 Å². The van der Waals surface area contributed by atoms with Gasteiger partial charge in [-0.3, -0.25) is 0 Å². The van der Waals surface area contributed by atoms with Crippen LogP contribution in [0, 0.1) is 0 Å². The van der Waals surface area contributed by atoms with Gasteiger partial charge in [-0.05, 0) is 32.5 Å². The van der Waals surface area contributed by atoms with E-state index in [-0.39, 0.29) is 0 Å². The van der Waals surface area contributed by atoms with E-state index < -0.39 is 0 Å². The van der Waals surface area contributed by atoms with Crippen LogP contribution < -0.4 is 20.4 Å². The molecule has 0 bridgehead atoms. The van der Waals surface area contributed by atoms with Gasteiger partial charge in [0.1, 0.15) is 11.5 Å². The van der Waals surface area contributed by atoms with E-state index in [1.54, 1.807) is 0 Å². The van der Waals surface area contributed by atoms with Crippen LogP contribution in [-0.4, -0.2) is 27.6 Å². The zero-order valence-corrected chi connectivity index (χ0v) is 21.6. The van der Waals surface area contributed by atoms with Gasteiger partial charge in [-0.2, -0.15) is 0 Å². The van der Waals surface area contributed by atoms with Crippen molar-refractivity contribution in [3.8, 4) is 22.6 Å². The molecule has 0 aromatic heterocycles. The van der Waals surface area contributed by atoms with Crippen LogP contribution >= 0.6 is 0 Å². The summed E-state index contributed by atoms with van der Waals surface area (Å²) in [4.78, 5) is 0. The van der Waals surface area contributed by atoms with E-state index in [0.29, 0.717) is 13.4 Å². The molecule has 0 saturated heterocycles. The normalized spacial score (nSPS) is 11.1. The first-order valence-corrected chi connectivity index (χ1v) is 12.7. The van der Waals surface area contributed by atoms with Crippen LogP contribution in [0.2, 0.25) is 26.3 Å². The second-order valence-electron chi connectivity index (χ2n) is 9.57. The minimum atomic E-state index is 0.405. The molecule has 4 aromatic carbocycles. The Morgan fingerprint density at radius 3 is 1.35 bits per heavy atom. The summed E-state index contributed by atoms with van der Waals surface area (Å²) in [7, 11) is 3.63. The summed E-state index contributed by atoms with van der Waals surface area (Å²) in [6.45, 7) is 9.94. The summed E-state index contributed by atoms with van der Waals surface area (Å²) in [5.41, 5.74) is 4.85. The molecular formula is C30H36B2O2. The largest absolute Gasteiger partial charge is 0.497 e. The summed E-state index contributed by atoms with van der Waals surface area (Å²) in [5, 5.41) is 4.90. The molecule has 0 radical (unpaired) electrons. The summed E-state index contributed by atoms with van der Waals surface area (Å²) < 4.78 is 12.5. The van der Waals surface area contributed by atoms with E-state index >= 15 is 0 Å². The van der Waals surface area contributed by atoms with Crippen molar-refractivity contribution in [2.24, 2.45) is 0 Å². The second-order valence-corrected chi connectivity index (χ2v) is 9.57. The van der Waals surface area contributed by atoms with E-state index in [4.69, 9.17) is 9.47 Å². The molecule has 0 aliphatic heterocycles. The topological polar surface area (TPSA) is 18.5 Å². The molecule has 174 valence electrons. The Labute approximate surface area is 205 Å². The van der Waals surface area contributed by atoms with Crippen LogP contribution in [0.15, 0.2) is 60.7 Å². The number of ether oxygens (including phenoxy) is 2. The number of hydrogen-bond acceptors (Lipinski definition) is 2. The first kappa shape index (κ1) is 24.3. The summed E-state index contributed by atoms with van der Waals surface area (Å²) in [6.07, 6.45) is 4.53. The molecule has 34 heavy (non-hydrogen) atoms. The van der Waals surface area contributed by atoms with Crippen LogP contribution in [0.1, 0.15) is 26.7 Å². The van der Waals surface area contributed by atoms with Crippen LogP contribution in [0.3, 0.4) is 0 Å². The van der Waals surface area contributed by atoms with Gasteiger partial charge in [0.25, 0.3) is 0 Å². The highest BCUT2D eigenvalue weighted by atomic mass is 16.5. The average Bonchev–Trinajstić information content (AvgIpc) is 2.86. The van der Waals surface area contributed by atoms with E-state index in [9.17, 15) is 0 Å². The summed E-state index contributed by atoms with van der Waals surface area (Å²) >= 11 is 0. The van der Waals surface area contributed by atoms with Crippen molar-refractivity contribution < 1.29 is 9.47 Å². The smallest absolute Gasteiger partial charge is 0.177 e. The molecule has 0 spiro atoms. The Hall–Kier alpha value is -2.87. The van der Waals surface area contributed by atoms with Gasteiger partial charge in [0.15, 0.2) is 13.4 Å². The van der Waals surface area contributed by atoms with E-state index in [1.165, 1.54) is 32.5 Å². The molecule has 0 aliphatic carbocycles. The molecular weight excluding hydrogens is 414 g/mol. The van der Waals surface area contributed by atoms with Gasteiger partial charge in [0, 0.05) is 11.1 Å². The van der Waals surface area contributed by atoms with Crippen molar-refractivity contribution in [3.05, 3.63) is 60.7 Å². The lowest BCUT2D eigenvalue weighted by Gasteiger charge is -2.24. The maximum Gasteiger partial charge on any atom is 0.177 e. The van der Waals surface area contributed by atoms with Crippen LogP contribution in [0.25, 0.3) is 32.7 Å². The molecule has 4 heteroatoms. The Morgan fingerprint density at radius 1 is 0.618 bits per heavy atom. The lowest BCUT2D eigenvalue weighted by atomic mass is 9.43. The van der Waals surface area contributed by atoms with Crippen LogP contribution in [0.5, 0.6) is 11.5 Å². The molecule has 0 atom stereocenters. The first-order valence-electron chi connectivity index (χ1n) is 12.7. The third-order valence-electron chi connectivity index (χ3n) is 7.22. The Balaban J connectivity index is 2.20. The third kappa shape index (κ3) is 4.31. The van der Waals surface area contributed by atoms with Crippen molar-refractivity contribution in [2.45, 2.75) is 53.0 Å². The molecule has 0 saturated carbocycles. The molecule has 0 fully saturated rings. The molecule has 0 unspecified atom stereocenters. The highest BCUT2D eigenvalue weighted by molar-refractivity contribution is 6.74. The van der Waals surface area contributed by atoms with Crippen LogP contribution in [0.4, 0.5) is 0 Å². The predicted molar refractivity (Wildman–Crippen MR) is 153 cm³/mol. The molecule has 0 N–H and O–H groups in total. The fourth-order valence-electron chi connectivity index (χ4n) is 5.55. The lowest BCUT2D eigenvalue weighted by Crippen LogP contribution is -2.29. The van der Waals surface area contributed by atoms with E-state index in [0.717, 1.165) is 48.1 Å². The van der Waals surface area contributed by atoms with E-state index in [2.05, 4.69) is 88.2 Å². The highest BCUT2D eigenvalue weighted by Gasteiger charge is 2.27. The predicted octanol–water partition coefficient (Wildman–Crippen LogP) is 7.16. The van der Waals surface area contributed by atoms with Gasteiger partial charge in [-0.25, -0.2) is 0 Å². The standard InChI is InChI=1S/C30H36B2O2/c1-7-17-31(3)25-19-21-13-9-11-15-23(21)27(29(25)33-5)28-24-16-12-10-14-22(24)20-26(30(28)34-6)32(4)18-8-2/h9-16,19-20H,7-8,17-18H2,1-6H3. The first-order chi connectivity index (χ1) is 16.5. The number of hydrogen-bond donors (Lipinski definition) is 0. The molecule has 4 aromatic rings. The number of fused-ring (bicyclic) bond motifs is 2. The minimum absolute atomic E-state index is 0.405. The molecule has 0 heterocycles. The van der Waals surface area contributed by atoms with Crippen molar-refractivity contribution in [3.63, 3.8) is 0 Å². The van der Waals surface area contributed by atoms with Gasteiger partial charge in [0.2, 0.25) is 0 Å². The summed E-state index contributed by atoms with van der Waals surface area (Å²) in [6, 6.07) is 22.0. The Bertz CT molecular complexity index is 1200. The van der Waals surface area contributed by atoms with Crippen molar-refractivity contribution >= 4 is 45.9 Å². The number of methoxy groups -OCH3 is 2. The van der Waals surface area contributed by atoms with Gasteiger partial charge in [-0.1, -0.05) is 114 Å². The minimum Gasteiger partial charge on any atom is -0.497 e. The lowest BCUT2D eigenvalue weighted by molar-refractivity contribution is 0.414. The third-order valence-corrected chi connectivity index (χ3v) is 7.22. The fraction of sp³-hybridized carbons (Fsp3) is 0.333.